The molecule has 1 rings (SSSR count). The molecule has 0 saturated heterocycles. The Morgan fingerprint density at radius 1 is 1.64 bits per heavy atom. The molecule has 5 heteroatoms. The van der Waals surface area contributed by atoms with Crippen molar-refractivity contribution in [3.05, 3.63) is 29.0 Å². The smallest absolute Gasteiger partial charge is 0.314 e. The Hall–Kier alpha value is -1.29. The highest BCUT2D eigenvalue weighted by Gasteiger charge is 2.02. The van der Waals surface area contributed by atoms with Gasteiger partial charge in [-0.05, 0) is 18.1 Å². The summed E-state index contributed by atoms with van der Waals surface area (Å²) in [6.45, 7) is 0.582. The van der Waals surface area contributed by atoms with Crippen LogP contribution in [0.25, 0.3) is 0 Å². The zero-order valence-corrected chi connectivity index (χ0v) is 8.66. The standard InChI is InChI=1S/C9H12ClN3O/c1-13(9(11)14)5-4-7-2-3-8(10)12-6-7/h2-3,6H,4-5H2,1H3,(H2,11,14). The number of primary amides is 1. The van der Waals surface area contributed by atoms with E-state index >= 15 is 0 Å². The van der Waals surface area contributed by atoms with Crippen molar-refractivity contribution in [2.45, 2.75) is 6.42 Å². The molecule has 0 aliphatic carbocycles. The van der Waals surface area contributed by atoms with E-state index in [-0.39, 0.29) is 0 Å². The predicted octanol–water partition coefficient (Wildman–Crippen LogP) is 1.29. The predicted molar refractivity (Wildman–Crippen MR) is 55.2 cm³/mol. The topological polar surface area (TPSA) is 59.2 Å². The molecule has 0 atom stereocenters. The first-order valence-electron chi connectivity index (χ1n) is 4.20. The third-order valence-electron chi connectivity index (χ3n) is 1.90. The minimum absolute atomic E-state index is 0.424. The van der Waals surface area contributed by atoms with Gasteiger partial charge >= 0.3 is 6.03 Å². The van der Waals surface area contributed by atoms with E-state index in [1.165, 1.54) is 4.90 Å². The fourth-order valence-electron chi connectivity index (χ4n) is 0.961. The number of likely N-dealkylation sites (N-methyl/N-ethyl adjacent to an activating group) is 1. The zero-order chi connectivity index (χ0) is 10.6. The zero-order valence-electron chi connectivity index (χ0n) is 7.90. The average molecular weight is 214 g/mol. The van der Waals surface area contributed by atoms with Crippen LogP contribution in [-0.4, -0.2) is 29.5 Å². The average Bonchev–Trinajstić information content (AvgIpc) is 2.16. The molecule has 0 aromatic carbocycles. The van der Waals surface area contributed by atoms with E-state index in [9.17, 15) is 4.79 Å². The molecule has 1 aromatic rings. The number of aromatic nitrogens is 1. The monoisotopic (exact) mass is 213 g/mol. The Morgan fingerprint density at radius 3 is 2.86 bits per heavy atom. The van der Waals surface area contributed by atoms with Gasteiger partial charge in [-0.1, -0.05) is 17.7 Å². The number of carbonyl (C=O) groups is 1. The minimum Gasteiger partial charge on any atom is -0.351 e. The maximum absolute atomic E-state index is 10.7. The van der Waals surface area contributed by atoms with Crippen molar-refractivity contribution < 1.29 is 4.79 Å². The Labute approximate surface area is 87.7 Å². The Kier molecular flexibility index (Phi) is 3.71. The third kappa shape index (κ3) is 3.22. The molecule has 2 amide bonds. The normalized spacial score (nSPS) is 9.86. The van der Waals surface area contributed by atoms with Crippen molar-refractivity contribution in [3.8, 4) is 0 Å². The van der Waals surface area contributed by atoms with Gasteiger partial charge < -0.3 is 10.6 Å². The summed E-state index contributed by atoms with van der Waals surface area (Å²) in [7, 11) is 1.66. The molecule has 0 fully saturated rings. The van der Waals surface area contributed by atoms with Crippen LogP contribution in [0.3, 0.4) is 0 Å². The Bertz CT molecular complexity index is 312. The molecule has 0 unspecified atom stereocenters. The second kappa shape index (κ2) is 4.81. The number of urea groups is 1. The van der Waals surface area contributed by atoms with Crippen molar-refractivity contribution in [1.82, 2.24) is 9.88 Å². The summed E-state index contributed by atoms with van der Waals surface area (Å²) in [6, 6.07) is 3.18. The number of carbonyl (C=O) groups excluding carboxylic acids is 1. The number of pyridine rings is 1. The molecule has 14 heavy (non-hydrogen) atoms. The summed E-state index contributed by atoms with van der Waals surface area (Å²) < 4.78 is 0. The van der Waals surface area contributed by atoms with Crippen molar-refractivity contribution in [3.63, 3.8) is 0 Å². The first-order chi connectivity index (χ1) is 6.59. The van der Waals surface area contributed by atoms with E-state index in [4.69, 9.17) is 17.3 Å². The van der Waals surface area contributed by atoms with Gasteiger partial charge in [0, 0.05) is 19.8 Å². The molecule has 0 spiro atoms. The van der Waals surface area contributed by atoms with Crippen LogP contribution in [0.2, 0.25) is 5.15 Å². The van der Waals surface area contributed by atoms with Crippen LogP contribution in [0.5, 0.6) is 0 Å². The van der Waals surface area contributed by atoms with Gasteiger partial charge in [-0.2, -0.15) is 0 Å². The summed E-state index contributed by atoms with van der Waals surface area (Å²) in [5.74, 6) is 0. The molecule has 0 saturated carbocycles. The largest absolute Gasteiger partial charge is 0.351 e. The summed E-state index contributed by atoms with van der Waals surface area (Å²) in [5, 5.41) is 0.469. The highest BCUT2D eigenvalue weighted by atomic mass is 35.5. The van der Waals surface area contributed by atoms with Crippen molar-refractivity contribution in [2.24, 2.45) is 5.73 Å². The van der Waals surface area contributed by atoms with E-state index in [0.717, 1.165) is 12.0 Å². The van der Waals surface area contributed by atoms with Crippen molar-refractivity contribution in [2.75, 3.05) is 13.6 Å². The fourth-order valence-corrected chi connectivity index (χ4v) is 1.07. The van der Waals surface area contributed by atoms with Crippen LogP contribution < -0.4 is 5.73 Å². The third-order valence-corrected chi connectivity index (χ3v) is 2.12. The molecule has 1 heterocycles. The first kappa shape index (κ1) is 10.8. The number of nitrogens with two attached hydrogens (primary N) is 1. The quantitative estimate of drug-likeness (QED) is 0.770. The molecular weight excluding hydrogens is 202 g/mol. The second-order valence-electron chi connectivity index (χ2n) is 3.00. The lowest BCUT2D eigenvalue weighted by Gasteiger charge is -2.13. The van der Waals surface area contributed by atoms with E-state index in [0.29, 0.717) is 11.7 Å². The van der Waals surface area contributed by atoms with Gasteiger partial charge in [0.15, 0.2) is 0 Å². The van der Waals surface area contributed by atoms with Crippen molar-refractivity contribution in [1.29, 1.82) is 0 Å². The summed E-state index contributed by atoms with van der Waals surface area (Å²) >= 11 is 5.63. The number of hydrogen-bond donors (Lipinski definition) is 1. The molecule has 1 aromatic heterocycles. The summed E-state index contributed by atoms with van der Waals surface area (Å²) in [6.07, 6.45) is 2.42. The van der Waals surface area contributed by atoms with E-state index in [1.807, 2.05) is 6.07 Å². The van der Waals surface area contributed by atoms with Crippen LogP contribution in [0.4, 0.5) is 4.79 Å². The number of hydrogen-bond acceptors (Lipinski definition) is 2. The van der Waals surface area contributed by atoms with Gasteiger partial charge in [0.25, 0.3) is 0 Å². The van der Waals surface area contributed by atoms with Crippen LogP contribution in [0.1, 0.15) is 5.56 Å². The number of amides is 2. The molecule has 2 N–H and O–H groups in total. The molecule has 0 radical (unpaired) electrons. The number of rotatable bonds is 3. The minimum atomic E-state index is -0.424. The van der Waals surface area contributed by atoms with Crippen molar-refractivity contribution >= 4 is 17.6 Å². The molecule has 0 bridgehead atoms. The number of halogens is 1. The van der Waals surface area contributed by atoms with E-state index in [1.54, 1.807) is 19.3 Å². The highest BCUT2D eigenvalue weighted by molar-refractivity contribution is 6.29. The Morgan fingerprint density at radius 2 is 2.36 bits per heavy atom. The lowest BCUT2D eigenvalue weighted by Crippen LogP contribution is -2.33. The van der Waals surface area contributed by atoms with Gasteiger partial charge in [0.2, 0.25) is 0 Å². The molecule has 0 aliphatic heterocycles. The van der Waals surface area contributed by atoms with Crippen LogP contribution >= 0.6 is 11.6 Å². The van der Waals surface area contributed by atoms with Crippen LogP contribution in [0.15, 0.2) is 18.3 Å². The lowest BCUT2D eigenvalue weighted by atomic mass is 10.2. The van der Waals surface area contributed by atoms with Gasteiger partial charge in [0.05, 0.1) is 0 Å². The molecular formula is C9H12ClN3O. The van der Waals surface area contributed by atoms with Crippen LogP contribution in [-0.2, 0) is 6.42 Å². The summed E-state index contributed by atoms with van der Waals surface area (Å²) in [5.41, 5.74) is 6.10. The van der Waals surface area contributed by atoms with Gasteiger partial charge in [-0.3, -0.25) is 0 Å². The second-order valence-corrected chi connectivity index (χ2v) is 3.39. The maximum Gasteiger partial charge on any atom is 0.314 e. The SMILES string of the molecule is CN(CCc1ccc(Cl)nc1)C(N)=O. The van der Waals surface area contributed by atoms with Gasteiger partial charge in [0.1, 0.15) is 5.15 Å². The maximum atomic E-state index is 10.7. The Balaban J connectivity index is 2.46. The highest BCUT2D eigenvalue weighted by Crippen LogP contribution is 2.05. The lowest BCUT2D eigenvalue weighted by molar-refractivity contribution is 0.219. The van der Waals surface area contributed by atoms with E-state index in [2.05, 4.69) is 4.98 Å². The van der Waals surface area contributed by atoms with E-state index < -0.39 is 6.03 Å². The van der Waals surface area contributed by atoms with Crippen LogP contribution in [0, 0.1) is 0 Å². The fraction of sp³-hybridized carbons (Fsp3) is 0.333. The first-order valence-corrected chi connectivity index (χ1v) is 4.58. The van der Waals surface area contributed by atoms with Gasteiger partial charge in [-0.15, -0.1) is 0 Å². The molecule has 76 valence electrons. The van der Waals surface area contributed by atoms with Gasteiger partial charge in [-0.25, -0.2) is 9.78 Å². The summed E-state index contributed by atoms with van der Waals surface area (Å²) in [4.78, 5) is 16.1. The molecule has 0 aliphatic rings. The molecule has 4 nitrogen and oxygen atoms in total. The number of nitrogens with zero attached hydrogens (tertiary/aromatic N) is 2.